The molecule has 5 heteroatoms. The zero-order valence-electron chi connectivity index (χ0n) is 13.5. The van der Waals surface area contributed by atoms with Crippen molar-refractivity contribution < 1.29 is 14.6 Å². The number of nitrogens with zero attached hydrogens (tertiary/aromatic N) is 2. The van der Waals surface area contributed by atoms with Gasteiger partial charge in [-0.2, -0.15) is 5.26 Å². The molecule has 1 N–H and O–H groups in total. The van der Waals surface area contributed by atoms with Gasteiger partial charge >= 0.3 is 0 Å². The topological polar surface area (TPSA) is 67.4 Å². The van der Waals surface area contributed by atoms with Crippen LogP contribution in [0.15, 0.2) is 30.3 Å². The molecule has 4 rings (SSSR count). The van der Waals surface area contributed by atoms with Crippen molar-refractivity contribution in [1.29, 1.82) is 5.26 Å². The second-order valence-electron chi connectivity index (χ2n) is 5.80. The van der Waals surface area contributed by atoms with Crippen LogP contribution in [0.3, 0.4) is 0 Å². The van der Waals surface area contributed by atoms with E-state index >= 15 is 0 Å². The van der Waals surface area contributed by atoms with Gasteiger partial charge in [-0.05, 0) is 42.3 Å². The van der Waals surface area contributed by atoms with Crippen molar-refractivity contribution in [2.24, 2.45) is 0 Å². The Morgan fingerprint density at radius 3 is 2.58 bits per heavy atom. The zero-order chi connectivity index (χ0) is 16.8. The van der Waals surface area contributed by atoms with E-state index in [1.807, 2.05) is 18.2 Å². The maximum absolute atomic E-state index is 9.80. The first-order valence-electron chi connectivity index (χ1n) is 7.68. The average molecular weight is 320 g/mol. The van der Waals surface area contributed by atoms with E-state index in [2.05, 4.69) is 10.6 Å². The van der Waals surface area contributed by atoms with E-state index in [4.69, 9.17) is 9.47 Å². The molecular weight excluding hydrogens is 304 g/mol. The fourth-order valence-electron chi connectivity index (χ4n) is 3.55. The van der Waals surface area contributed by atoms with Crippen molar-refractivity contribution in [2.45, 2.75) is 13.0 Å². The lowest BCUT2D eigenvalue weighted by Crippen LogP contribution is -2.11. The van der Waals surface area contributed by atoms with Crippen molar-refractivity contribution in [3.63, 3.8) is 0 Å². The summed E-state index contributed by atoms with van der Waals surface area (Å²) in [7, 11) is 3.22. The minimum absolute atomic E-state index is 0.162. The highest BCUT2D eigenvalue weighted by molar-refractivity contribution is 5.96. The van der Waals surface area contributed by atoms with Crippen LogP contribution in [0.2, 0.25) is 0 Å². The molecule has 1 aliphatic rings. The monoisotopic (exact) mass is 320 g/mol. The van der Waals surface area contributed by atoms with Gasteiger partial charge in [-0.15, -0.1) is 0 Å². The minimum Gasteiger partial charge on any atom is -0.508 e. The predicted molar refractivity (Wildman–Crippen MR) is 90.6 cm³/mol. The van der Waals surface area contributed by atoms with Gasteiger partial charge in [-0.25, -0.2) is 0 Å². The van der Waals surface area contributed by atoms with Crippen molar-refractivity contribution in [3.05, 3.63) is 41.5 Å². The molecule has 0 aliphatic carbocycles. The molecule has 2 aromatic carbocycles. The molecule has 0 saturated carbocycles. The maximum Gasteiger partial charge on any atom is 0.161 e. The average Bonchev–Trinajstić information content (AvgIpc) is 2.93. The summed E-state index contributed by atoms with van der Waals surface area (Å²) in [6.45, 7) is 0.779. The van der Waals surface area contributed by atoms with Gasteiger partial charge in [-0.1, -0.05) is 0 Å². The lowest BCUT2D eigenvalue weighted by molar-refractivity contribution is 0.354. The molecule has 120 valence electrons. The van der Waals surface area contributed by atoms with Crippen LogP contribution in [-0.2, 0) is 13.0 Å². The summed E-state index contributed by atoms with van der Waals surface area (Å²) in [4.78, 5) is 0. The van der Waals surface area contributed by atoms with E-state index in [0.717, 1.165) is 40.7 Å². The molecule has 0 spiro atoms. The van der Waals surface area contributed by atoms with Crippen LogP contribution in [-0.4, -0.2) is 23.9 Å². The SMILES string of the molecule is COc1cc2c(cc1OC)-c1c(C#N)c3cc(O)ccc3n1CC2. The highest BCUT2D eigenvalue weighted by atomic mass is 16.5. The van der Waals surface area contributed by atoms with Crippen LogP contribution in [0.5, 0.6) is 17.2 Å². The number of nitriles is 1. The second-order valence-corrected chi connectivity index (χ2v) is 5.80. The van der Waals surface area contributed by atoms with Crippen molar-refractivity contribution >= 4 is 10.9 Å². The van der Waals surface area contributed by atoms with Gasteiger partial charge in [0.2, 0.25) is 0 Å². The molecule has 24 heavy (non-hydrogen) atoms. The number of hydrogen-bond acceptors (Lipinski definition) is 4. The Kier molecular flexibility index (Phi) is 3.14. The molecule has 0 fully saturated rings. The molecule has 0 bridgehead atoms. The van der Waals surface area contributed by atoms with Gasteiger partial charge in [-0.3, -0.25) is 0 Å². The lowest BCUT2D eigenvalue weighted by Gasteiger charge is -2.22. The number of methoxy groups -OCH3 is 2. The smallest absolute Gasteiger partial charge is 0.161 e. The molecule has 0 saturated heterocycles. The third kappa shape index (κ3) is 1.86. The van der Waals surface area contributed by atoms with Gasteiger partial charge in [0.05, 0.1) is 31.0 Å². The van der Waals surface area contributed by atoms with Gasteiger partial charge in [0.1, 0.15) is 11.8 Å². The summed E-state index contributed by atoms with van der Waals surface area (Å²) in [5.74, 6) is 1.49. The third-order valence-electron chi connectivity index (χ3n) is 4.63. The van der Waals surface area contributed by atoms with Gasteiger partial charge in [0.15, 0.2) is 11.5 Å². The third-order valence-corrected chi connectivity index (χ3v) is 4.63. The zero-order valence-corrected chi connectivity index (χ0v) is 13.5. The Morgan fingerprint density at radius 2 is 1.88 bits per heavy atom. The number of aromatic nitrogens is 1. The Balaban J connectivity index is 2.09. The number of hydrogen-bond donors (Lipinski definition) is 1. The normalized spacial score (nSPS) is 12.4. The number of rotatable bonds is 2. The number of phenols is 1. The Bertz CT molecular complexity index is 1010. The fourth-order valence-corrected chi connectivity index (χ4v) is 3.55. The summed E-state index contributed by atoms with van der Waals surface area (Å²) < 4.78 is 13.0. The van der Waals surface area contributed by atoms with E-state index in [-0.39, 0.29) is 5.75 Å². The number of aryl methyl sites for hydroxylation is 2. The first-order valence-corrected chi connectivity index (χ1v) is 7.68. The number of ether oxygens (including phenoxy) is 2. The van der Waals surface area contributed by atoms with Gasteiger partial charge in [0.25, 0.3) is 0 Å². The Hall–Kier alpha value is -3.13. The summed E-state index contributed by atoms with van der Waals surface area (Å²) in [5.41, 5.74) is 4.52. The Labute approximate surface area is 139 Å². The summed E-state index contributed by atoms with van der Waals surface area (Å²) in [5, 5.41) is 20.3. The second kappa shape index (κ2) is 5.20. The van der Waals surface area contributed by atoms with E-state index in [1.165, 1.54) is 0 Å². The van der Waals surface area contributed by atoms with Gasteiger partial charge in [0, 0.05) is 17.5 Å². The predicted octanol–water partition coefficient (Wildman–Crippen LogP) is 3.46. The standard InChI is InChI=1S/C19H16N2O3/c1-23-17-7-11-5-6-21-16-4-3-12(22)8-14(16)15(10-20)19(21)13(11)9-18(17)24-2/h3-4,7-9,22H,5-6H2,1-2H3. The lowest BCUT2D eigenvalue weighted by atomic mass is 9.95. The molecular formula is C19H16N2O3. The van der Waals surface area contributed by atoms with Crippen molar-refractivity contribution in [3.8, 4) is 34.6 Å². The van der Waals surface area contributed by atoms with Crippen LogP contribution in [0.4, 0.5) is 0 Å². The first-order chi connectivity index (χ1) is 11.7. The minimum atomic E-state index is 0.162. The molecule has 0 amide bonds. The largest absolute Gasteiger partial charge is 0.508 e. The molecule has 1 aliphatic heterocycles. The highest BCUT2D eigenvalue weighted by Gasteiger charge is 2.26. The molecule has 0 unspecified atom stereocenters. The molecule has 1 aromatic heterocycles. The van der Waals surface area contributed by atoms with Crippen LogP contribution in [0.25, 0.3) is 22.2 Å². The summed E-state index contributed by atoms with van der Waals surface area (Å²) in [6.07, 6.45) is 0.845. The van der Waals surface area contributed by atoms with Crippen LogP contribution >= 0.6 is 0 Å². The molecule has 3 aromatic rings. The van der Waals surface area contributed by atoms with E-state index in [9.17, 15) is 10.4 Å². The first kappa shape index (κ1) is 14.5. The number of fused-ring (bicyclic) bond motifs is 5. The quantitative estimate of drug-likeness (QED) is 0.785. The molecule has 0 atom stereocenters. The molecule has 0 radical (unpaired) electrons. The summed E-state index contributed by atoms with van der Waals surface area (Å²) in [6, 6.07) is 11.4. The van der Waals surface area contributed by atoms with E-state index in [1.54, 1.807) is 26.4 Å². The summed E-state index contributed by atoms with van der Waals surface area (Å²) >= 11 is 0. The number of aromatic hydroxyl groups is 1. The molecule has 5 nitrogen and oxygen atoms in total. The van der Waals surface area contributed by atoms with Crippen molar-refractivity contribution in [2.75, 3.05) is 14.2 Å². The van der Waals surface area contributed by atoms with E-state index < -0.39 is 0 Å². The highest BCUT2D eigenvalue weighted by Crippen LogP contribution is 2.43. The maximum atomic E-state index is 9.80. The van der Waals surface area contributed by atoms with Crippen LogP contribution < -0.4 is 9.47 Å². The molecule has 2 heterocycles. The van der Waals surface area contributed by atoms with Crippen LogP contribution in [0, 0.1) is 11.3 Å². The number of phenolic OH excluding ortho intramolecular Hbond substituents is 1. The fraction of sp³-hybridized carbons (Fsp3) is 0.211. The van der Waals surface area contributed by atoms with Crippen molar-refractivity contribution in [1.82, 2.24) is 4.57 Å². The van der Waals surface area contributed by atoms with E-state index in [0.29, 0.717) is 17.1 Å². The number of benzene rings is 2. The van der Waals surface area contributed by atoms with Gasteiger partial charge < -0.3 is 19.1 Å². The Morgan fingerprint density at radius 1 is 1.12 bits per heavy atom. The van der Waals surface area contributed by atoms with Crippen LogP contribution in [0.1, 0.15) is 11.1 Å².